The van der Waals surface area contributed by atoms with Gasteiger partial charge in [0.25, 0.3) is 0 Å². The second kappa shape index (κ2) is 6.03. The Morgan fingerprint density at radius 2 is 2.19 bits per heavy atom. The number of nitriles is 1. The van der Waals surface area contributed by atoms with E-state index in [9.17, 15) is 0 Å². The Bertz CT molecular complexity index is 1340. The SMILES string of the molecule is N#CCCCc1nc(-c2ncn3c4cccc(Cl)c4c4ncnn4c23)no1. The minimum absolute atomic E-state index is 0.364. The molecule has 0 fully saturated rings. The van der Waals surface area contributed by atoms with Crippen LogP contribution in [0.1, 0.15) is 18.7 Å². The highest BCUT2D eigenvalue weighted by molar-refractivity contribution is 6.36. The lowest BCUT2D eigenvalue weighted by Gasteiger charge is -2.06. The molecule has 0 saturated carbocycles. The van der Waals surface area contributed by atoms with Crippen molar-refractivity contribution in [3.8, 4) is 17.6 Å². The van der Waals surface area contributed by atoms with Crippen LogP contribution in [0, 0.1) is 11.3 Å². The Kier molecular flexibility index (Phi) is 3.51. The van der Waals surface area contributed by atoms with Crippen LogP contribution >= 0.6 is 11.6 Å². The fourth-order valence-corrected chi connectivity index (χ4v) is 3.41. The Morgan fingerprint density at radius 1 is 1.26 bits per heavy atom. The van der Waals surface area contributed by atoms with Crippen molar-refractivity contribution in [2.24, 2.45) is 0 Å². The fourth-order valence-electron chi connectivity index (χ4n) is 3.15. The summed E-state index contributed by atoms with van der Waals surface area (Å²) in [6, 6.07) is 7.73. The van der Waals surface area contributed by atoms with Gasteiger partial charge in [-0.3, -0.25) is 4.40 Å². The summed E-state index contributed by atoms with van der Waals surface area (Å²) < 4.78 is 8.85. The van der Waals surface area contributed by atoms with Gasteiger partial charge in [-0.05, 0) is 18.6 Å². The predicted octanol–water partition coefficient (Wildman–Crippen LogP) is 3.08. The monoisotopic (exact) mass is 378 g/mol. The molecule has 0 atom stereocenters. The van der Waals surface area contributed by atoms with Crippen LogP contribution in [0.2, 0.25) is 5.02 Å². The number of hydrogen-bond donors (Lipinski definition) is 0. The normalized spacial score (nSPS) is 11.6. The molecular weight excluding hydrogens is 368 g/mol. The molecule has 0 bridgehead atoms. The second-order valence-corrected chi connectivity index (χ2v) is 6.35. The van der Waals surface area contributed by atoms with Gasteiger partial charge in [0.2, 0.25) is 11.7 Å². The Morgan fingerprint density at radius 3 is 3.07 bits per heavy atom. The number of rotatable bonds is 4. The third kappa shape index (κ3) is 2.34. The number of fused-ring (bicyclic) bond motifs is 6. The zero-order valence-corrected chi connectivity index (χ0v) is 14.6. The van der Waals surface area contributed by atoms with E-state index in [-0.39, 0.29) is 0 Å². The maximum Gasteiger partial charge on any atom is 0.227 e. The molecule has 0 aliphatic rings. The molecule has 1 aromatic carbocycles. The first-order valence-electron chi connectivity index (χ1n) is 8.25. The average Bonchev–Trinajstić information content (AvgIpc) is 3.40. The largest absolute Gasteiger partial charge is 0.339 e. The van der Waals surface area contributed by atoms with Crippen LogP contribution < -0.4 is 0 Å². The lowest BCUT2D eigenvalue weighted by atomic mass is 10.2. The molecular formula is C17H11ClN8O. The third-order valence-corrected chi connectivity index (χ3v) is 4.64. The molecule has 0 aliphatic carbocycles. The van der Waals surface area contributed by atoms with Crippen LogP contribution in [-0.2, 0) is 6.42 Å². The molecule has 0 radical (unpaired) electrons. The number of nitrogens with zero attached hydrogens (tertiary/aromatic N) is 8. The minimum Gasteiger partial charge on any atom is -0.339 e. The topological polar surface area (TPSA) is 110 Å². The second-order valence-electron chi connectivity index (χ2n) is 5.94. The van der Waals surface area contributed by atoms with Gasteiger partial charge < -0.3 is 4.52 Å². The molecule has 0 amide bonds. The summed E-state index contributed by atoms with van der Waals surface area (Å²) >= 11 is 6.40. The zero-order valence-electron chi connectivity index (χ0n) is 13.9. The number of halogens is 1. The molecule has 4 aromatic heterocycles. The van der Waals surface area contributed by atoms with Crippen LogP contribution in [0.3, 0.4) is 0 Å². The van der Waals surface area contributed by atoms with E-state index in [0.717, 1.165) is 10.9 Å². The van der Waals surface area contributed by atoms with Crippen molar-refractivity contribution < 1.29 is 4.52 Å². The smallest absolute Gasteiger partial charge is 0.227 e. The van der Waals surface area contributed by atoms with E-state index in [1.54, 1.807) is 10.8 Å². The number of benzene rings is 1. The summed E-state index contributed by atoms with van der Waals surface area (Å²) in [6.07, 6.45) is 4.80. The van der Waals surface area contributed by atoms with Crippen molar-refractivity contribution in [1.29, 1.82) is 5.26 Å². The van der Waals surface area contributed by atoms with Gasteiger partial charge in [-0.15, -0.1) is 0 Å². The van der Waals surface area contributed by atoms with E-state index in [4.69, 9.17) is 21.4 Å². The summed E-state index contributed by atoms with van der Waals surface area (Å²) in [4.78, 5) is 13.3. The van der Waals surface area contributed by atoms with E-state index in [2.05, 4.69) is 31.3 Å². The van der Waals surface area contributed by atoms with Gasteiger partial charge in [0.1, 0.15) is 12.7 Å². The zero-order chi connectivity index (χ0) is 18.4. The summed E-state index contributed by atoms with van der Waals surface area (Å²) in [6.45, 7) is 0. The van der Waals surface area contributed by atoms with Gasteiger partial charge in [-0.1, -0.05) is 22.8 Å². The molecule has 9 nitrogen and oxygen atoms in total. The van der Waals surface area contributed by atoms with E-state index >= 15 is 0 Å². The van der Waals surface area contributed by atoms with Crippen LogP contribution in [0.4, 0.5) is 0 Å². The standard InChI is InChI=1S/C17H11ClN8O/c18-10-4-3-5-11-13(10)16-20-8-22-26(16)17-14(21-9-25(11)17)15-23-12(27-24-15)6-1-2-7-19/h3-5,8-9H,1-2,6H2. The van der Waals surface area contributed by atoms with Crippen LogP contribution in [0.5, 0.6) is 0 Å². The number of aromatic nitrogens is 7. The van der Waals surface area contributed by atoms with Gasteiger partial charge in [-0.2, -0.15) is 19.9 Å². The molecule has 27 heavy (non-hydrogen) atoms. The highest BCUT2D eigenvalue weighted by atomic mass is 35.5. The van der Waals surface area contributed by atoms with Gasteiger partial charge in [0.15, 0.2) is 17.0 Å². The first kappa shape index (κ1) is 15.7. The molecule has 0 saturated heterocycles. The van der Waals surface area contributed by atoms with Crippen molar-refractivity contribution in [2.75, 3.05) is 0 Å². The number of unbranched alkanes of at least 4 members (excludes halogenated alkanes) is 1. The maximum absolute atomic E-state index is 8.65. The van der Waals surface area contributed by atoms with Crippen LogP contribution in [-0.4, -0.2) is 34.1 Å². The highest BCUT2D eigenvalue weighted by Crippen LogP contribution is 2.31. The lowest BCUT2D eigenvalue weighted by molar-refractivity contribution is 0.376. The maximum atomic E-state index is 8.65. The molecule has 5 rings (SSSR count). The number of aryl methyl sites for hydroxylation is 1. The summed E-state index contributed by atoms with van der Waals surface area (Å²) in [5.41, 5.74) is 2.68. The molecule has 0 aliphatic heterocycles. The highest BCUT2D eigenvalue weighted by Gasteiger charge is 2.21. The first-order valence-corrected chi connectivity index (χ1v) is 8.62. The van der Waals surface area contributed by atoms with Crippen LogP contribution in [0.25, 0.3) is 33.7 Å². The van der Waals surface area contributed by atoms with E-state index in [1.807, 2.05) is 22.6 Å². The first-order chi connectivity index (χ1) is 13.3. The molecule has 0 spiro atoms. The lowest BCUT2D eigenvalue weighted by Crippen LogP contribution is -1.99. The van der Waals surface area contributed by atoms with Crippen molar-refractivity contribution in [2.45, 2.75) is 19.3 Å². The number of imidazole rings is 1. The fraction of sp³-hybridized carbons (Fsp3) is 0.176. The van der Waals surface area contributed by atoms with Crippen molar-refractivity contribution >= 4 is 33.8 Å². The molecule has 4 heterocycles. The van der Waals surface area contributed by atoms with Gasteiger partial charge >= 0.3 is 0 Å². The van der Waals surface area contributed by atoms with Gasteiger partial charge in [-0.25, -0.2) is 9.97 Å². The summed E-state index contributed by atoms with van der Waals surface area (Å²) in [7, 11) is 0. The number of hydrogen-bond acceptors (Lipinski definition) is 7. The Balaban J connectivity index is 1.74. The van der Waals surface area contributed by atoms with Crippen molar-refractivity contribution in [3.63, 3.8) is 0 Å². The molecule has 0 N–H and O–H groups in total. The quantitative estimate of drug-likeness (QED) is 0.442. The minimum atomic E-state index is 0.364. The van der Waals surface area contributed by atoms with Crippen molar-refractivity contribution in [3.05, 3.63) is 41.8 Å². The Labute approximate surface area is 156 Å². The Hall–Kier alpha value is -3.51. The summed E-state index contributed by atoms with van der Waals surface area (Å²) in [5, 5.41) is 18.4. The van der Waals surface area contributed by atoms with Gasteiger partial charge in [0.05, 0.1) is 22.0 Å². The van der Waals surface area contributed by atoms with E-state index in [0.29, 0.717) is 53.0 Å². The summed E-state index contributed by atoms with van der Waals surface area (Å²) in [5.74, 6) is 0.836. The van der Waals surface area contributed by atoms with E-state index < -0.39 is 0 Å². The van der Waals surface area contributed by atoms with E-state index in [1.165, 1.54) is 6.33 Å². The van der Waals surface area contributed by atoms with Crippen molar-refractivity contribution in [1.82, 2.24) is 34.1 Å². The van der Waals surface area contributed by atoms with Gasteiger partial charge in [0, 0.05) is 12.8 Å². The molecule has 5 aromatic rings. The predicted molar refractivity (Wildman–Crippen MR) is 96.1 cm³/mol. The van der Waals surface area contributed by atoms with Crippen LogP contribution in [0.15, 0.2) is 35.4 Å². The molecule has 10 heteroatoms. The third-order valence-electron chi connectivity index (χ3n) is 4.32. The molecule has 132 valence electrons. The average molecular weight is 379 g/mol. The molecule has 0 unspecified atom stereocenters.